The maximum Gasteiger partial charge on any atom is 0.272 e. The Morgan fingerprint density at radius 1 is 0.935 bits per heavy atom. The van der Waals surface area contributed by atoms with Crippen LogP contribution in [0.5, 0.6) is 0 Å². The summed E-state index contributed by atoms with van der Waals surface area (Å²) in [4.78, 5) is 17.3. The summed E-state index contributed by atoms with van der Waals surface area (Å²) in [6.07, 6.45) is 5.00. The molecule has 4 aromatic heterocycles. The molecule has 5 rings (SSSR count). The van der Waals surface area contributed by atoms with E-state index >= 15 is 0 Å². The Morgan fingerprint density at radius 2 is 1.77 bits per heavy atom. The predicted molar refractivity (Wildman–Crippen MR) is 117 cm³/mol. The molecule has 1 N–H and O–H groups in total. The third-order valence-corrected chi connectivity index (χ3v) is 5.05. The lowest BCUT2D eigenvalue weighted by Gasteiger charge is -2.09. The summed E-state index contributed by atoms with van der Waals surface area (Å²) >= 11 is 12.2. The van der Waals surface area contributed by atoms with E-state index in [1.807, 2.05) is 19.1 Å². The molecule has 9 nitrogen and oxygen atoms in total. The molecule has 4 heterocycles. The van der Waals surface area contributed by atoms with Crippen molar-refractivity contribution in [2.75, 3.05) is 5.32 Å². The molecule has 0 saturated heterocycles. The Kier molecular flexibility index (Phi) is 4.89. The highest BCUT2D eigenvalue weighted by Crippen LogP contribution is 2.28. The maximum atomic E-state index is 6.23. The van der Waals surface area contributed by atoms with Crippen LogP contribution in [-0.2, 0) is 0 Å². The lowest BCUT2D eigenvalue weighted by molar-refractivity contribution is 0.851. The highest BCUT2D eigenvalue weighted by molar-refractivity contribution is 6.36. The fourth-order valence-corrected chi connectivity index (χ4v) is 3.44. The molecule has 0 aliphatic rings. The Hall–Kier alpha value is -3.69. The zero-order valence-electron chi connectivity index (χ0n) is 16.0. The molecule has 5 aromatic rings. The molecule has 152 valence electrons. The first kappa shape index (κ1) is 19.3. The van der Waals surface area contributed by atoms with Crippen molar-refractivity contribution < 1.29 is 0 Å². The van der Waals surface area contributed by atoms with Crippen molar-refractivity contribution in [2.45, 2.75) is 6.92 Å². The van der Waals surface area contributed by atoms with Crippen LogP contribution in [0.1, 0.15) is 5.69 Å². The number of nitrogens with one attached hydrogen (secondary N) is 1. The number of hydrogen-bond donors (Lipinski definition) is 1. The zero-order chi connectivity index (χ0) is 21.4. The Morgan fingerprint density at radius 3 is 2.58 bits per heavy atom. The normalized spacial score (nSPS) is 11.1. The molecule has 0 bridgehead atoms. The lowest BCUT2D eigenvalue weighted by atomic mass is 10.2. The second-order valence-electron chi connectivity index (χ2n) is 6.53. The third-order valence-electron chi connectivity index (χ3n) is 4.50. The van der Waals surface area contributed by atoms with Crippen molar-refractivity contribution in [3.05, 3.63) is 70.7 Å². The van der Waals surface area contributed by atoms with E-state index < -0.39 is 0 Å². The van der Waals surface area contributed by atoms with E-state index in [2.05, 4.69) is 40.5 Å². The van der Waals surface area contributed by atoms with Gasteiger partial charge in [-0.1, -0.05) is 23.2 Å². The van der Waals surface area contributed by atoms with E-state index in [9.17, 15) is 0 Å². The average molecular weight is 450 g/mol. The number of benzene rings is 1. The molecule has 0 aliphatic heterocycles. The van der Waals surface area contributed by atoms with Gasteiger partial charge >= 0.3 is 0 Å². The van der Waals surface area contributed by atoms with Gasteiger partial charge in [-0.15, -0.1) is 15.3 Å². The number of halogens is 2. The van der Waals surface area contributed by atoms with Crippen LogP contribution < -0.4 is 5.32 Å². The summed E-state index contributed by atoms with van der Waals surface area (Å²) in [6.45, 7) is 1.88. The second kappa shape index (κ2) is 7.86. The van der Waals surface area contributed by atoms with Gasteiger partial charge in [-0.3, -0.25) is 4.98 Å². The molecule has 11 heteroatoms. The van der Waals surface area contributed by atoms with Crippen LogP contribution in [0.4, 0.5) is 11.6 Å². The standard InChI is InChI=1S/C20H13Cl2N9/c1-11-17(28-29-20-27-18(30-31(11)20)12-4-7-23-8-5-12)16-6-9-24-19(26-16)25-15-3-2-13(21)10-14(15)22/h2-10H,1H3,(H,24,25,26). The first-order valence-electron chi connectivity index (χ1n) is 9.14. The number of anilines is 2. The SMILES string of the molecule is Cc1c(-c2ccnc(Nc3ccc(Cl)cc3Cl)n2)nnc2nc(-c3ccncc3)nn12. The summed E-state index contributed by atoms with van der Waals surface area (Å²) < 4.78 is 1.64. The molecule has 31 heavy (non-hydrogen) atoms. The molecule has 0 fully saturated rings. The minimum Gasteiger partial charge on any atom is -0.323 e. The van der Waals surface area contributed by atoms with Crippen molar-refractivity contribution in [3.8, 4) is 22.8 Å². The Labute approximate surface area is 186 Å². The molecule has 0 amide bonds. The van der Waals surface area contributed by atoms with Crippen LogP contribution in [0.3, 0.4) is 0 Å². The first-order valence-corrected chi connectivity index (χ1v) is 9.90. The van der Waals surface area contributed by atoms with Crippen LogP contribution in [0, 0.1) is 6.92 Å². The van der Waals surface area contributed by atoms with Gasteiger partial charge in [-0.2, -0.15) is 9.50 Å². The predicted octanol–water partition coefficient (Wildman–Crippen LogP) is 4.40. The number of pyridine rings is 1. The van der Waals surface area contributed by atoms with Crippen LogP contribution in [0.15, 0.2) is 55.0 Å². The molecule has 0 atom stereocenters. The highest BCUT2D eigenvalue weighted by Gasteiger charge is 2.15. The van der Waals surface area contributed by atoms with E-state index in [4.69, 9.17) is 23.2 Å². The number of aryl methyl sites for hydroxylation is 1. The largest absolute Gasteiger partial charge is 0.323 e. The van der Waals surface area contributed by atoms with Crippen molar-refractivity contribution in [1.29, 1.82) is 0 Å². The van der Waals surface area contributed by atoms with Crippen molar-refractivity contribution in [3.63, 3.8) is 0 Å². The van der Waals surface area contributed by atoms with E-state index in [0.717, 1.165) is 11.3 Å². The quantitative estimate of drug-likeness (QED) is 0.430. The summed E-state index contributed by atoms with van der Waals surface area (Å²) in [5.41, 5.74) is 3.36. The van der Waals surface area contributed by atoms with Gasteiger partial charge in [0.15, 0.2) is 5.82 Å². The summed E-state index contributed by atoms with van der Waals surface area (Å²) in [7, 11) is 0. The summed E-state index contributed by atoms with van der Waals surface area (Å²) in [5.74, 6) is 1.30. The maximum absolute atomic E-state index is 6.23. The molecule has 0 spiro atoms. The van der Waals surface area contributed by atoms with Crippen LogP contribution in [0.2, 0.25) is 10.0 Å². The molecule has 0 unspecified atom stereocenters. The van der Waals surface area contributed by atoms with Crippen molar-refractivity contribution >= 4 is 40.6 Å². The van der Waals surface area contributed by atoms with Crippen molar-refractivity contribution in [2.24, 2.45) is 0 Å². The second-order valence-corrected chi connectivity index (χ2v) is 7.38. The number of fused-ring (bicyclic) bond motifs is 1. The van der Waals surface area contributed by atoms with Gasteiger partial charge in [-0.25, -0.2) is 9.97 Å². The third kappa shape index (κ3) is 3.76. The van der Waals surface area contributed by atoms with Crippen LogP contribution >= 0.6 is 23.2 Å². The van der Waals surface area contributed by atoms with Gasteiger partial charge in [0, 0.05) is 29.2 Å². The van der Waals surface area contributed by atoms with E-state index in [0.29, 0.717) is 44.7 Å². The molecule has 1 aromatic carbocycles. The molecule has 0 saturated carbocycles. The average Bonchev–Trinajstić information content (AvgIpc) is 3.22. The monoisotopic (exact) mass is 449 g/mol. The Bertz CT molecular complexity index is 1400. The van der Waals surface area contributed by atoms with Crippen LogP contribution in [0.25, 0.3) is 28.6 Å². The minimum absolute atomic E-state index is 0.360. The summed E-state index contributed by atoms with van der Waals surface area (Å²) in [6, 6.07) is 10.6. The van der Waals surface area contributed by atoms with E-state index in [1.165, 1.54) is 0 Å². The van der Waals surface area contributed by atoms with Gasteiger partial charge < -0.3 is 5.32 Å². The molecule has 0 radical (unpaired) electrons. The molecular weight excluding hydrogens is 437 g/mol. The Balaban J connectivity index is 1.52. The highest BCUT2D eigenvalue weighted by atomic mass is 35.5. The smallest absolute Gasteiger partial charge is 0.272 e. The fourth-order valence-electron chi connectivity index (χ4n) is 2.98. The molecule has 0 aliphatic carbocycles. The number of hydrogen-bond acceptors (Lipinski definition) is 8. The fraction of sp³-hybridized carbons (Fsp3) is 0.0500. The number of nitrogens with zero attached hydrogens (tertiary/aromatic N) is 8. The van der Waals surface area contributed by atoms with Gasteiger partial charge in [0.05, 0.1) is 22.1 Å². The van der Waals surface area contributed by atoms with Gasteiger partial charge in [-0.05, 0) is 43.3 Å². The molecular formula is C20H13Cl2N9. The summed E-state index contributed by atoms with van der Waals surface area (Å²) in [5, 5.41) is 17.2. The minimum atomic E-state index is 0.360. The van der Waals surface area contributed by atoms with Gasteiger partial charge in [0.25, 0.3) is 5.78 Å². The topological polar surface area (TPSA) is 107 Å². The van der Waals surface area contributed by atoms with Crippen molar-refractivity contribution in [1.82, 2.24) is 39.7 Å². The van der Waals surface area contributed by atoms with Crippen LogP contribution in [-0.4, -0.2) is 39.7 Å². The van der Waals surface area contributed by atoms with Gasteiger partial charge in [0.1, 0.15) is 5.69 Å². The first-order chi connectivity index (χ1) is 15.1. The number of rotatable bonds is 4. The van der Waals surface area contributed by atoms with Gasteiger partial charge in [0.2, 0.25) is 5.95 Å². The zero-order valence-corrected chi connectivity index (χ0v) is 17.5. The van der Waals surface area contributed by atoms with E-state index in [1.54, 1.807) is 47.4 Å². The lowest BCUT2D eigenvalue weighted by Crippen LogP contribution is -2.05. The van der Waals surface area contributed by atoms with E-state index in [-0.39, 0.29) is 0 Å². The number of aromatic nitrogens is 8.